The first-order chi connectivity index (χ1) is 6.93. The molecule has 3 nitrogen and oxygen atoms in total. The molecule has 6 heteroatoms. The first-order valence-electron chi connectivity index (χ1n) is 4.62. The standard InChI is InChI=1S/C9H14BrNO2S2/c1-2-8(11)5-15(12,13)6-9-3-7(10)4-14-9/h3-4,8H,2,5-6,11H2,1H3. The van der Waals surface area contributed by atoms with E-state index < -0.39 is 9.84 Å². The van der Waals surface area contributed by atoms with Gasteiger partial charge in [-0.1, -0.05) is 6.92 Å². The maximum atomic E-state index is 11.7. The van der Waals surface area contributed by atoms with Gasteiger partial charge in [0.15, 0.2) is 9.84 Å². The van der Waals surface area contributed by atoms with Gasteiger partial charge in [-0.05, 0) is 28.4 Å². The lowest BCUT2D eigenvalue weighted by atomic mass is 10.3. The number of hydrogen-bond acceptors (Lipinski definition) is 4. The Balaban J connectivity index is 2.64. The van der Waals surface area contributed by atoms with Crippen LogP contribution in [-0.4, -0.2) is 20.2 Å². The maximum absolute atomic E-state index is 11.7. The van der Waals surface area contributed by atoms with Gasteiger partial charge < -0.3 is 5.73 Å². The molecule has 15 heavy (non-hydrogen) atoms. The lowest BCUT2D eigenvalue weighted by Gasteiger charge is -2.08. The Labute approximate surface area is 103 Å². The zero-order valence-electron chi connectivity index (χ0n) is 8.44. The van der Waals surface area contributed by atoms with Crippen LogP contribution in [0.1, 0.15) is 18.2 Å². The van der Waals surface area contributed by atoms with E-state index in [0.717, 1.165) is 9.35 Å². The van der Waals surface area contributed by atoms with Crippen molar-refractivity contribution in [1.29, 1.82) is 0 Å². The van der Waals surface area contributed by atoms with Gasteiger partial charge in [-0.3, -0.25) is 0 Å². The van der Waals surface area contributed by atoms with E-state index in [-0.39, 0.29) is 17.5 Å². The third kappa shape index (κ3) is 4.63. The zero-order chi connectivity index (χ0) is 11.5. The molecule has 0 aliphatic rings. The van der Waals surface area contributed by atoms with Crippen LogP contribution in [-0.2, 0) is 15.6 Å². The minimum absolute atomic E-state index is 0.0685. The number of nitrogens with two attached hydrogens (primary N) is 1. The fraction of sp³-hybridized carbons (Fsp3) is 0.556. The van der Waals surface area contributed by atoms with Crippen LogP contribution in [0.2, 0.25) is 0 Å². The fourth-order valence-electron chi connectivity index (χ4n) is 1.15. The summed E-state index contributed by atoms with van der Waals surface area (Å²) in [6, 6.07) is 1.58. The van der Waals surface area contributed by atoms with Gasteiger partial charge in [0, 0.05) is 20.8 Å². The summed E-state index contributed by atoms with van der Waals surface area (Å²) >= 11 is 4.74. The van der Waals surface area contributed by atoms with Gasteiger partial charge in [0.05, 0.1) is 11.5 Å². The number of sulfone groups is 1. The Morgan fingerprint density at radius 3 is 2.73 bits per heavy atom. The summed E-state index contributed by atoms with van der Waals surface area (Å²) in [6.45, 7) is 1.89. The van der Waals surface area contributed by atoms with Gasteiger partial charge >= 0.3 is 0 Å². The van der Waals surface area contributed by atoms with Gasteiger partial charge in [0.25, 0.3) is 0 Å². The quantitative estimate of drug-likeness (QED) is 0.906. The van der Waals surface area contributed by atoms with E-state index in [2.05, 4.69) is 15.9 Å². The highest BCUT2D eigenvalue weighted by atomic mass is 79.9. The molecular weight excluding hydrogens is 298 g/mol. The van der Waals surface area contributed by atoms with Crippen LogP contribution < -0.4 is 5.73 Å². The molecule has 1 aromatic heterocycles. The van der Waals surface area contributed by atoms with Gasteiger partial charge in [-0.2, -0.15) is 0 Å². The third-order valence-electron chi connectivity index (χ3n) is 1.98. The van der Waals surface area contributed by atoms with Crippen molar-refractivity contribution >= 4 is 37.1 Å². The molecule has 0 aromatic carbocycles. The van der Waals surface area contributed by atoms with E-state index in [1.165, 1.54) is 11.3 Å². The molecule has 0 saturated carbocycles. The molecule has 0 bridgehead atoms. The normalized spacial score (nSPS) is 14.1. The van der Waals surface area contributed by atoms with E-state index in [4.69, 9.17) is 5.73 Å². The molecule has 2 N–H and O–H groups in total. The molecule has 1 rings (SSSR count). The van der Waals surface area contributed by atoms with Crippen LogP contribution in [0.4, 0.5) is 0 Å². The molecule has 1 aromatic rings. The number of hydrogen-bond donors (Lipinski definition) is 1. The minimum atomic E-state index is -3.07. The van der Waals surface area contributed by atoms with E-state index in [9.17, 15) is 8.42 Å². The Hall–Kier alpha value is 0.0900. The van der Waals surface area contributed by atoms with Crippen molar-refractivity contribution in [3.8, 4) is 0 Å². The molecule has 86 valence electrons. The summed E-state index contributed by atoms with van der Waals surface area (Å²) in [5.74, 6) is 0.163. The van der Waals surface area contributed by atoms with E-state index >= 15 is 0 Å². The number of thiophene rings is 1. The van der Waals surface area contributed by atoms with E-state index in [1.54, 1.807) is 0 Å². The summed E-state index contributed by atoms with van der Waals surface area (Å²) < 4.78 is 24.3. The van der Waals surface area contributed by atoms with Crippen LogP contribution in [0.5, 0.6) is 0 Å². The number of rotatable bonds is 5. The third-order valence-corrected chi connectivity index (χ3v) is 5.54. The molecule has 0 aliphatic carbocycles. The highest BCUT2D eigenvalue weighted by Crippen LogP contribution is 2.22. The van der Waals surface area contributed by atoms with E-state index in [1.807, 2.05) is 18.4 Å². The molecule has 0 aliphatic heterocycles. The Morgan fingerprint density at radius 1 is 1.60 bits per heavy atom. The maximum Gasteiger partial charge on any atom is 0.156 e. The predicted molar refractivity (Wildman–Crippen MR) is 67.8 cm³/mol. The molecule has 0 fully saturated rings. The molecule has 0 spiro atoms. The minimum Gasteiger partial charge on any atom is -0.327 e. The lowest BCUT2D eigenvalue weighted by Crippen LogP contribution is -2.29. The van der Waals surface area contributed by atoms with Crippen molar-refractivity contribution in [3.05, 3.63) is 20.8 Å². The van der Waals surface area contributed by atoms with Crippen molar-refractivity contribution in [2.45, 2.75) is 25.1 Å². The van der Waals surface area contributed by atoms with Crippen molar-refractivity contribution in [3.63, 3.8) is 0 Å². The van der Waals surface area contributed by atoms with Crippen molar-refractivity contribution in [2.75, 3.05) is 5.75 Å². The number of halogens is 1. The van der Waals surface area contributed by atoms with E-state index in [0.29, 0.717) is 6.42 Å². The topological polar surface area (TPSA) is 60.2 Å². The highest BCUT2D eigenvalue weighted by Gasteiger charge is 2.16. The largest absolute Gasteiger partial charge is 0.327 e. The van der Waals surface area contributed by atoms with Gasteiger partial charge in [-0.15, -0.1) is 11.3 Å². The fourth-order valence-corrected chi connectivity index (χ4v) is 4.72. The second kappa shape index (κ2) is 5.43. The van der Waals surface area contributed by atoms with Gasteiger partial charge in [-0.25, -0.2) is 8.42 Å². The Bertz CT molecular complexity index is 414. The summed E-state index contributed by atoms with van der Waals surface area (Å²) in [5.41, 5.74) is 5.63. The second-order valence-electron chi connectivity index (χ2n) is 3.45. The summed E-state index contributed by atoms with van der Waals surface area (Å²) in [5, 5.41) is 1.88. The van der Waals surface area contributed by atoms with Crippen LogP contribution in [0.25, 0.3) is 0 Å². The van der Waals surface area contributed by atoms with Gasteiger partial charge in [0.2, 0.25) is 0 Å². The monoisotopic (exact) mass is 311 g/mol. The highest BCUT2D eigenvalue weighted by molar-refractivity contribution is 9.10. The Morgan fingerprint density at radius 2 is 2.27 bits per heavy atom. The van der Waals surface area contributed by atoms with Crippen LogP contribution >= 0.6 is 27.3 Å². The second-order valence-corrected chi connectivity index (χ2v) is 7.47. The molecule has 0 amide bonds. The van der Waals surface area contributed by atoms with Crippen LogP contribution in [0, 0.1) is 0 Å². The average molecular weight is 312 g/mol. The Kier molecular flexibility index (Phi) is 4.76. The SMILES string of the molecule is CCC(N)CS(=O)(=O)Cc1cc(Br)cs1. The van der Waals surface area contributed by atoms with Crippen molar-refractivity contribution in [2.24, 2.45) is 5.73 Å². The van der Waals surface area contributed by atoms with Crippen molar-refractivity contribution < 1.29 is 8.42 Å². The van der Waals surface area contributed by atoms with Crippen molar-refractivity contribution in [1.82, 2.24) is 0 Å². The molecule has 1 unspecified atom stereocenters. The first-order valence-corrected chi connectivity index (χ1v) is 8.11. The molecular formula is C9H14BrNO2S2. The first kappa shape index (κ1) is 13.2. The zero-order valence-corrected chi connectivity index (χ0v) is 11.7. The average Bonchev–Trinajstić information content (AvgIpc) is 2.49. The predicted octanol–water partition coefficient (Wildman–Crippen LogP) is 2.16. The summed E-state index contributed by atoms with van der Waals surface area (Å²) in [4.78, 5) is 0.852. The van der Waals surface area contributed by atoms with Crippen LogP contribution in [0.3, 0.4) is 0 Å². The van der Waals surface area contributed by atoms with Crippen LogP contribution in [0.15, 0.2) is 15.9 Å². The summed E-state index contributed by atoms with van der Waals surface area (Å²) in [6.07, 6.45) is 0.688. The lowest BCUT2D eigenvalue weighted by molar-refractivity contribution is 0.583. The smallest absolute Gasteiger partial charge is 0.156 e. The molecule has 1 atom stereocenters. The summed E-state index contributed by atoms with van der Waals surface area (Å²) in [7, 11) is -3.07. The van der Waals surface area contributed by atoms with Gasteiger partial charge in [0.1, 0.15) is 0 Å². The molecule has 0 radical (unpaired) electrons. The molecule has 0 saturated heterocycles. The molecule has 1 heterocycles.